The van der Waals surface area contributed by atoms with Gasteiger partial charge in [0.05, 0.1) is 23.8 Å². The van der Waals surface area contributed by atoms with Gasteiger partial charge in [-0.2, -0.15) is 10.2 Å². The van der Waals surface area contributed by atoms with Gasteiger partial charge >= 0.3 is 0 Å². The minimum atomic E-state index is 0.815. The van der Waals surface area contributed by atoms with Crippen LogP contribution < -0.4 is 0 Å². The lowest BCUT2D eigenvalue weighted by Crippen LogP contribution is -1.92. The van der Waals surface area contributed by atoms with E-state index in [-0.39, 0.29) is 0 Å². The topological polar surface area (TPSA) is 61.4 Å². The van der Waals surface area contributed by atoms with Crippen molar-refractivity contribution in [3.8, 4) is 11.4 Å². The van der Waals surface area contributed by atoms with Crippen molar-refractivity contribution in [3.05, 3.63) is 96.6 Å². The fourth-order valence-corrected chi connectivity index (χ4v) is 5.76. The van der Waals surface area contributed by atoms with Gasteiger partial charge in [0.2, 0.25) is 0 Å². The lowest BCUT2D eigenvalue weighted by atomic mass is 10.3. The first kappa shape index (κ1) is 20.0. The van der Waals surface area contributed by atoms with Crippen LogP contribution in [0.3, 0.4) is 0 Å². The second-order valence-corrected chi connectivity index (χ2v) is 10.1. The number of benzene rings is 2. The van der Waals surface area contributed by atoms with Gasteiger partial charge in [-0.3, -0.25) is 0 Å². The molecule has 5 rings (SSSR count). The maximum atomic E-state index is 4.45. The summed E-state index contributed by atoms with van der Waals surface area (Å²) < 4.78 is 5.73. The van der Waals surface area contributed by atoms with E-state index in [1.54, 1.807) is 34.9 Å². The summed E-state index contributed by atoms with van der Waals surface area (Å²) in [6.07, 6.45) is 7.93. The molecule has 0 spiro atoms. The van der Waals surface area contributed by atoms with Gasteiger partial charge < -0.3 is 0 Å². The van der Waals surface area contributed by atoms with Gasteiger partial charge in [0, 0.05) is 35.0 Å². The molecule has 5 aromatic rings. The van der Waals surface area contributed by atoms with Gasteiger partial charge in [-0.15, -0.1) is 10.2 Å². The van der Waals surface area contributed by atoms with Crippen LogP contribution in [0.4, 0.5) is 0 Å². The average Bonchev–Trinajstić information content (AvgIpc) is 3.58. The molecule has 31 heavy (non-hydrogen) atoms. The monoisotopic (exact) mass is 462 g/mol. The van der Waals surface area contributed by atoms with Crippen LogP contribution >= 0.6 is 34.9 Å². The number of nitrogens with zero attached hydrogens (tertiary/aromatic N) is 6. The summed E-state index contributed by atoms with van der Waals surface area (Å²) in [6.45, 7) is 0. The van der Waals surface area contributed by atoms with Crippen molar-refractivity contribution in [3.63, 3.8) is 0 Å². The number of rotatable bonds is 8. The van der Waals surface area contributed by atoms with E-state index in [1.807, 2.05) is 82.4 Å². The Balaban J connectivity index is 1.14. The molecule has 0 atom stereocenters. The van der Waals surface area contributed by atoms with Crippen molar-refractivity contribution in [1.29, 1.82) is 0 Å². The van der Waals surface area contributed by atoms with Crippen molar-refractivity contribution < 1.29 is 0 Å². The molecule has 0 saturated heterocycles. The number of hydrogen-bond acceptors (Lipinski definition) is 7. The minimum absolute atomic E-state index is 0.815. The number of aromatic nitrogens is 6. The van der Waals surface area contributed by atoms with Crippen LogP contribution in [0.15, 0.2) is 94.1 Å². The van der Waals surface area contributed by atoms with Crippen LogP contribution in [0.1, 0.15) is 11.1 Å². The van der Waals surface area contributed by atoms with Crippen molar-refractivity contribution in [2.45, 2.75) is 20.2 Å². The van der Waals surface area contributed by atoms with Crippen molar-refractivity contribution in [2.75, 3.05) is 0 Å². The highest BCUT2D eigenvalue weighted by molar-refractivity contribution is 8.02. The zero-order chi connectivity index (χ0) is 20.9. The van der Waals surface area contributed by atoms with Crippen LogP contribution in [0.2, 0.25) is 0 Å². The van der Waals surface area contributed by atoms with E-state index in [4.69, 9.17) is 0 Å². The van der Waals surface area contributed by atoms with Crippen LogP contribution in [-0.4, -0.2) is 29.8 Å². The Hall–Kier alpha value is -2.88. The Kier molecular flexibility index (Phi) is 6.15. The smallest absolute Gasteiger partial charge is 0.175 e. The molecule has 3 heterocycles. The molecular weight excluding hydrogens is 444 g/mol. The number of hydrogen-bond donors (Lipinski definition) is 0. The summed E-state index contributed by atoms with van der Waals surface area (Å²) in [5, 5.41) is 17.5. The average molecular weight is 463 g/mol. The summed E-state index contributed by atoms with van der Waals surface area (Å²) in [5.74, 6) is 1.63. The Morgan fingerprint density at radius 1 is 0.645 bits per heavy atom. The summed E-state index contributed by atoms with van der Waals surface area (Å²) in [6, 6.07) is 20.2. The molecule has 0 aliphatic carbocycles. The molecule has 0 radical (unpaired) electrons. The third kappa shape index (κ3) is 5.07. The molecule has 0 fully saturated rings. The third-order valence-electron chi connectivity index (χ3n) is 4.43. The van der Waals surface area contributed by atoms with E-state index in [0.29, 0.717) is 0 Å². The van der Waals surface area contributed by atoms with Gasteiger partial charge in [0.1, 0.15) is 0 Å². The van der Waals surface area contributed by atoms with Gasteiger partial charge in [-0.1, -0.05) is 71.3 Å². The van der Waals surface area contributed by atoms with Gasteiger partial charge in [-0.05, 0) is 24.3 Å². The molecule has 9 heteroatoms. The minimum Gasteiger partial charge on any atom is -0.241 e. The zero-order valence-electron chi connectivity index (χ0n) is 16.4. The first-order valence-electron chi connectivity index (χ1n) is 9.60. The van der Waals surface area contributed by atoms with Gasteiger partial charge in [-0.25, -0.2) is 9.36 Å². The Labute approximate surface area is 192 Å². The van der Waals surface area contributed by atoms with Gasteiger partial charge in [0.15, 0.2) is 8.68 Å². The molecule has 3 aromatic heterocycles. The molecular formula is C22H18N6S3. The molecule has 0 aliphatic rings. The Morgan fingerprint density at radius 3 is 1.55 bits per heavy atom. The van der Waals surface area contributed by atoms with Crippen LogP contribution in [0.25, 0.3) is 11.4 Å². The molecule has 0 aliphatic heterocycles. The molecule has 6 nitrogen and oxygen atoms in total. The highest BCUT2D eigenvalue weighted by atomic mass is 32.2. The van der Waals surface area contributed by atoms with Crippen LogP contribution in [0, 0.1) is 0 Å². The van der Waals surface area contributed by atoms with Crippen molar-refractivity contribution >= 4 is 34.9 Å². The molecule has 0 saturated carbocycles. The Morgan fingerprint density at radius 2 is 1.10 bits per heavy atom. The zero-order valence-corrected chi connectivity index (χ0v) is 18.9. The largest absolute Gasteiger partial charge is 0.241 e. The lowest BCUT2D eigenvalue weighted by molar-refractivity contribution is 0.880. The van der Waals surface area contributed by atoms with Crippen LogP contribution in [0.5, 0.6) is 0 Å². The predicted molar refractivity (Wildman–Crippen MR) is 126 cm³/mol. The van der Waals surface area contributed by atoms with E-state index in [1.165, 1.54) is 0 Å². The van der Waals surface area contributed by atoms with E-state index >= 15 is 0 Å². The van der Waals surface area contributed by atoms with Crippen LogP contribution in [-0.2, 0) is 11.5 Å². The number of thioether (sulfide) groups is 2. The first-order valence-corrected chi connectivity index (χ1v) is 12.4. The molecule has 154 valence electrons. The maximum absolute atomic E-state index is 4.45. The van der Waals surface area contributed by atoms with Crippen molar-refractivity contribution in [2.24, 2.45) is 0 Å². The highest BCUT2D eigenvalue weighted by Gasteiger charge is 2.09. The normalized spacial score (nSPS) is 11.1. The Bertz CT molecular complexity index is 1150. The fourth-order valence-electron chi connectivity index (χ4n) is 2.92. The van der Waals surface area contributed by atoms with E-state index in [0.717, 1.165) is 42.7 Å². The highest BCUT2D eigenvalue weighted by Crippen LogP contribution is 2.32. The summed E-state index contributed by atoms with van der Waals surface area (Å²) in [5.41, 5.74) is 4.44. The second kappa shape index (κ2) is 9.51. The summed E-state index contributed by atoms with van der Waals surface area (Å²) in [7, 11) is 0. The molecule has 0 amide bonds. The SMILES string of the molecule is c1ccc(-n2cc(CSc3nnc(SCc4cnn(-c5ccccc5)c4)s3)cn2)cc1. The quantitative estimate of drug-likeness (QED) is 0.284. The third-order valence-corrected chi connectivity index (χ3v) is 7.76. The van der Waals surface area contributed by atoms with Gasteiger partial charge in [0.25, 0.3) is 0 Å². The first-order chi connectivity index (χ1) is 15.3. The standard InChI is InChI=1S/C22H18N6S3/c1-3-7-19(8-4-1)27-13-17(11-23-27)15-29-21-25-26-22(31-21)30-16-18-12-24-28(14-18)20-9-5-2-6-10-20/h1-14H,15-16H2. The van der Waals surface area contributed by atoms with E-state index in [2.05, 4.69) is 32.8 Å². The van der Waals surface area contributed by atoms with E-state index in [9.17, 15) is 0 Å². The molecule has 2 aromatic carbocycles. The summed E-state index contributed by atoms with van der Waals surface area (Å²) >= 11 is 5.00. The summed E-state index contributed by atoms with van der Waals surface area (Å²) in [4.78, 5) is 0. The molecule has 0 unspecified atom stereocenters. The lowest BCUT2D eigenvalue weighted by Gasteiger charge is -1.99. The maximum Gasteiger partial charge on any atom is 0.175 e. The van der Waals surface area contributed by atoms with Crippen molar-refractivity contribution in [1.82, 2.24) is 29.8 Å². The predicted octanol–water partition coefficient (Wildman–Crippen LogP) is 5.49. The second-order valence-electron chi connectivity index (χ2n) is 6.67. The van der Waals surface area contributed by atoms with E-state index < -0.39 is 0 Å². The number of para-hydroxylation sites is 2. The molecule has 0 bridgehead atoms. The molecule has 0 N–H and O–H groups in total. The fraction of sp³-hybridized carbons (Fsp3) is 0.0909.